The number of ether oxygens (including phenoxy) is 4. The van der Waals surface area contributed by atoms with Crippen LogP contribution in [0, 0.1) is 0 Å². The largest absolute Gasteiger partial charge is 0.493 e. The quantitative estimate of drug-likeness (QED) is 0.372. The van der Waals surface area contributed by atoms with E-state index in [1.807, 2.05) is 0 Å². The molecule has 2 aromatic carbocycles. The molecule has 0 unspecified atom stereocenters. The molecular weight excluding hydrogens is 416 g/mol. The van der Waals surface area contributed by atoms with Gasteiger partial charge in [-0.05, 0) is 49.2 Å². The second-order valence-corrected chi connectivity index (χ2v) is 7.16. The number of unbranched alkanes of at least 4 members (excludes halogenated alkanes) is 5. The van der Waals surface area contributed by atoms with Crippen molar-refractivity contribution in [2.75, 3.05) is 27.4 Å². The molecule has 2 rings (SSSR count). The van der Waals surface area contributed by atoms with Gasteiger partial charge in [0.25, 0.3) is 0 Å². The Hall–Kier alpha value is -3.42. The van der Waals surface area contributed by atoms with Crippen LogP contribution in [0.5, 0.6) is 23.0 Å². The molecule has 8 nitrogen and oxygen atoms in total. The average molecular weight is 446 g/mol. The minimum Gasteiger partial charge on any atom is -0.493 e. The van der Waals surface area contributed by atoms with Gasteiger partial charge in [-0.1, -0.05) is 25.7 Å². The van der Waals surface area contributed by atoms with Crippen molar-refractivity contribution >= 4 is 11.9 Å². The third kappa shape index (κ3) is 7.68. The van der Waals surface area contributed by atoms with Crippen LogP contribution in [0.2, 0.25) is 0 Å². The van der Waals surface area contributed by atoms with Gasteiger partial charge in [0, 0.05) is 0 Å². The molecule has 0 fully saturated rings. The fourth-order valence-corrected chi connectivity index (χ4v) is 3.12. The number of carboxylic acids is 2. The number of carbonyl (C=O) groups is 2. The van der Waals surface area contributed by atoms with Crippen LogP contribution in [0.15, 0.2) is 36.4 Å². The number of hydrogen-bond donors (Lipinski definition) is 2. The molecule has 2 aromatic rings. The number of methoxy groups -OCH3 is 2. The summed E-state index contributed by atoms with van der Waals surface area (Å²) in [7, 11) is 2.97. The maximum Gasteiger partial charge on any atom is 0.335 e. The first-order valence-corrected chi connectivity index (χ1v) is 10.5. The monoisotopic (exact) mass is 446 g/mol. The van der Waals surface area contributed by atoms with Gasteiger partial charge in [-0.15, -0.1) is 0 Å². The van der Waals surface area contributed by atoms with Gasteiger partial charge in [-0.25, -0.2) is 9.59 Å². The molecule has 0 radical (unpaired) electrons. The Bertz CT molecular complexity index is 820. The van der Waals surface area contributed by atoms with Gasteiger partial charge in [-0.3, -0.25) is 0 Å². The van der Waals surface area contributed by atoms with Gasteiger partial charge in [0.2, 0.25) is 0 Å². The highest BCUT2D eigenvalue weighted by Gasteiger charge is 2.11. The highest BCUT2D eigenvalue weighted by Crippen LogP contribution is 2.29. The van der Waals surface area contributed by atoms with E-state index in [1.165, 1.54) is 38.5 Å². The second kappa shape index (κ2) is 13.1. The van der Waals surface area contributed by atoms with Crippen LogP contribution in [0.3, 0.4) is 0 Å². The smallest absolute Gasteiger partial charge is 0.335 e. The lowest BCUT2D eigenvalue weighted by Gasteiger charge is -2.12. The molecule has 0 heterocycles. The predicted octanol–water partition coefficient (Wildman–Crippen LogP) is 4.90. The zero-order chi connectivity index (χ0) is 23.3. The SMILES string of the molecule is COc1cc(C(=O)O)ccc1OCCCCCCCCOc1ccc(C(=O)O)cc1OC. The summed E-state index contributed by atoms with van der Waals surface area (Å²) < 4.78 is 21.8. The Balaban J connectivity index is 1.58. The molecule has 2 N–H and O–H groups in total. The van der Waals surface area contributed by atoms with E-state index in [9.17, 15) is 9.59 Å². The zero-order valence-corrected chi connectivity index (χ0v) is 18.5. The molecule has 8 heteroatoms. The lowest BCUT2D eigenvalue weighted by atomic mass is 10.1. The molecule has 0 bridgehead atoms. The number of carboxylic acid groups (broad SMARTS) is 2. The third-order valence-corrected chi connectivity index (χ3v) is 4.87. The summed E-state index contributed by atoms with van der Waals surface area (Å²) in [5.74, 6) is -0.0906. The zero-order valence-electron chi connectivity index (χ0n) is 18.5. The first-order valence-electron chi connectivity index (χ1n) is 10.5. The van der Waals surface area contributed by atoms with Crippen LogP contribution < -0.4 is 18.9 Å². The maximum absolute atomic E-state index is 11.0. The summed E-state index contributed by atoms with van der Waals surface area (Å²) in [5.41, 5.74) is 0.322. The van der Waals surface area contributed by atoms with Crippen molar-refractivity contribution in [3.05, 3.63) is 47.5 Å². The molecule has 0 aliphatic carbocycles. The van der Waals surface area contributed by atoms with E-state index in [1.54, 1.807) is 12.1 Å². The lowest BCUT2D eigenvalue weighted by Crippen LogP contribution is -2.02. The highest BCUT2D eigenvalue weighted by molar-refractivity contribution is 5.89. The summed E-state index contributed by atoms with van der Waals surface area (Å²) in [5, 5.41) is 18.1. The van der Waals surface area contributed by atoms with E-state index < -0.39 is 11.9 Å². The van der Waals surface area contributed by atoms with Gasteiger partial charge in [0.05, 0.1) is 38.6 Å². The lowest BCUT2D eigenvalue weighted by molar-refractivity contribution is 0.0685. The molecule has 0 atom stereocenters. The molecule has 0 saturated heterocycles. The van der Waals surface area contributed by atoms with Crippen molar-refractivity contribution < 1.29 is 38.7 Å². The van der Waals surface area contributed by atoms with Gasteiger partial charge in [0.1, 0.15) is 0 Å². The van der Waals surface area contributed by atoms with Crippen molar-refractivity contribution in [1.82, 2.24) is 0 Å². The topological polar surface area (TPSA) is 112 Å². The molecular formula is C24H30O8. The van der Waals surface area contributed by atoms with Crippen molar-refractivity contribution in [2.45, 2.75) is 38.5 Å². The molecule has 32 heavy (non-hydrogen) atoms. The second-order valence-electron chi connectivity index (χ2n) is 7.16. The van der Waals surface area contributed by atoms with Crippen molar-refractivity contribution in [3.63, 3.8) is 0 Å². The Morgan fingerprint density at radius 3 is 1.34 bits per heavy atom. The fourth-order valence-electron chi connectivity index (χ4n) is 3.12. The van der Waals surface area contributed by atoms with E-state index in [2.05, 4.69) is 0 Å². The minimum absolute atomic E-state index is 0.161. The average Bonchev–Trinajstić information content (AvgIpc) is 2.79. The maximum atomic E-state index is 11.0. The van der Waals surface area contributed by atoms with E-state index in [-0.39, 0.29) is 11.1 Å². The Labute approximate surface area is 187 Å². The number of benzene rings is 2. The third-order valence-electron chi connectivity index (χ3n) is 4.87. The standard InChI is InChI=1S/C24H30O8/c1-29-21-15-17(23(25)26)9-11-19(21)31-13-7-5-3-4-6-8-14-32-20-12-10-18(24(27)28)16-22(20)30-2/h9-12,15-16H,3-8,13-14H2,1-2H3,(H,25,26)(H,27,28). The van der Waals surface area contributed by atoms with E-state index in [4.69, 9.17) is 29.2 Å². The van der Waals surface area contributed by atoms with Crippen LogP contribution in [-0.2, 0) is 0 Å². The van der Waals surface area contributed by atoms with Gasteiger partial charge >= 0.3 is 11.9 Å². The number of hydrogen-bond acceptors (Lipinski definition) is 6. The summed E-state index contributed by atoms with van der Waals surface area (Å²) in [4.78, 5) is 22.0. The first-order chi connectivity index (χ1) is 15.5. The minimum atomic E-state index is -1.00. The number of rotatable bonds is 15. The summed E-state index contributed by atoms with van der Waals surface area (Å²) in [6, 6.07) is 9.14. The van der Waals surface area contributed by atoms with Crippen molar-refractivity contribution in [2.24, 2.45) is 0 Å². The fraction of sp³-hybridized carbons (Fsp3) is 0.417. The van der Waals surface area contributed by atoms with Gasteiger partial charge < -0.3 is 29.2 Å². The summed E-state index contributed by atoms with van der Waals surface area (Å²) in [6.45, 7) is 1.08. The van der Waals surface area contributed by atoms with Crippen LogP contribution in [-0.4, -0.2) is 49.6 Å². The van der Waals surface area contributed by atoms with Crippen molar-refractivity contribution in [3.8, 4) is 23.0 Å². The number of aromatic carboxylic acids is 2. The Morgan fingerprint density at radius 2 is 1.00 bits per heavy atom. The normalized spacial score (nSPS) is 10.4. The van der Waals surface area contributed by atoms with Crippen molar-refractivity contribution in [1.29, 1.82) is 0 Å². The first kappa shape index (κ1) is 24.8. The van der Waals surface area contributed by atoms with Crippen LogP contribution >= 0.6 is 0 Å². The molecule has 0 saturated carbocycles. The predicted molar refractivity (Wildman–Crippen MR) is 119 cm³/mol. The molecule has 0 spiro atoms. The van der Waals surface area contributed by atoms with E-state index >= 15 is 0 Å². The molecule has 0 amide bonds. The molecule has 0 aliphatic heterocycles. The molecule has 0 aromatic heterocycles. The Morgan fingerprint density at radius 1 is 0.625 bits per heavy atom. The Kier molecular flexibility index (Phi) is 10.2. The van der Waals surface area contributed by atoms with Crippen LogP contribution in [0.1, 0.15) is 59.2 Å². The summed E-state index contributed by atoms with van der Waals surface area (Å²) >= 11 is 0. The molecule has 174 valence electrons. The summed E-state index contributed by atoms with van der Waals surface area (Å²) in [6.07, 6.45) is 6.01. The van der Waals surface area contributed by atoms with Crippen LogP contribution in [0.25, 0.3) is 0 Å². The molecule has 0 aliphatic rings. The van der Waals surface area contributed by atoms with Gasteiger partial charge in [-0.2, -0.15) is 0 Å². The highest BCUT2D eigenvalue weighted by atomic mass is 16.5. The van der Waals surface area contributed by atoms with Gasteiger partial charge in [0.15, 0.2) is 23.0 Å². The van der Waals surface area contributed by atoms with E-state index in [0.717, 1.165) is 38.5 Å². The van der Waals surface area contributed by atoms with E-state index in [0.29, 0.717) is 36.2 Å². The van der Waals surface area contributed by atoms with Crippen LogP contribution in [0.4, 0.5) is 0 Å².